The topological polar surface area (TPSA) is 70.1 Å². The van der Waals surface area contributed by atoms with Gasteiger partial charge in [0.1, 0.15) is 5.75 Å². The van der Waals surface area contributed by atoms with Crippen molar-refractivity contribution in [3.05, 3.63) is 29.3 Å². The molecule has 0 saturated carbocycles. The number of carboxylic acids is 1. The molecule has 1 saturated heterocycles. The van der Waals surface area contributed by atoms with E-state index in [0.717, 1.165) is 18.7 Å². The Balaban J connectivity index is 1.94. The summed E-state index contributed by atoms with van der Waals surface area (Å²) in [6.45, 7) is 4.88. The summed E-state index contributed by atoms with van der Waals surface area (Å²) >= 11 is 0. The van der Waals surface area contributed by atoms with Gasteiger partial charge in [-0.15, -0.1) is 0 Å². The molecule has 1 fully saturated rings. The van der Waals surface area contributed by atoms with Crippen LogP contribution in [0.4, 0.5) is 0 Å². The van der Waals surface area contributed by atoms with Gasteiger partial charge in [0, 0.05) is 26.2 Å². The van der Waals surface area contributed by atoms with Crippen LogP contribution in [0.15, 0.2) is 18.2 Å². The van der Waals surface area contributed by atoms with Crippen LogP contribution in [0, 0.1) is 6.92 Å². The summed E-state index contributed by atoms with van der Waals surface area (Å²) in [4.78, 5) is 27.0. The summed E-state index contributed by atoms with van der Waals surface area (Å²) in [6.07, 6.45) is 0. The zero-order valence-electron chi connectivity index (χ0n) is 12.3. The molecule has 1 amide bonds. The molecule has 0 aromatic heterocycles. The van der Waals surface area contributed by atoms with Crippen LogP contribution in [-0.2, 0) is 4.79 Å². The first kappa shape index (κ1) is 15.3. The predicted molar refractivity (Wildman–Crippen MR) is 77.7 cm³/mol. The highest BCUT2D eigenvalue weighted by Crippen LogP contribution is 2.19. The summed E-state index contributed by atoms with van der Waals surface area (Å²) in [7, 11) is 2.03. The summed E-state index contributed by atoms with van der Waals surface area (Å²) in [5.74, 6) is -0.633. The molecule has 0 spiro atoms. The largest absolute Gasteiger partial charge is 0.483 e. The first-order chi connectivity index (χ1) is 9.97. The van der Waals surface area contributed by atoms with Crippen molar-refractivity contribution < 1.29 is 19.4 Å². The number of aryl methyl sites for hydroxylation is 1. The van der Waals surface area contributed by atoms with Gasteiger partial charge in [0.15, 0.2) is 6.61 Å². The average Bonchev–Trinajstić information content (AvgIpc) is 2.46. The van der Waals surface area contributed by atoms with Crippen molar-refractivity contribution in [1.82, 2.24) is 9.80 Å². The minimum Gasteiger partial charge on any atom is -0.483 e. The number of likely N-dealkylation sites (N-methyl/N-ethyl adjacent to an activating group) is 1. The fraction of sp³-hybridized carbons (Fsp3) is 0.467. The molecule has 1 aromatic carbocycles. The number of amides is 1. The third-order valence-corrected chi connectivity index (χ3v) is 3.64. The van der Waals surface area contributed by atoms with E-state index in [-0.39, 0.29) is 18.1 Å². The Kier molecular flexibility index (Phi) is 4.80. The summed E-state index contributed by atoms with van der Waals surface area (Å²) in [6, 6.07) is 4.65. The number of carbonyl (C=O) groups is 2. The second kappa shape index (κ2) is 6.58. The fourth-order valence-electron chi connectivity index (χ4n) is 2.18. The van der Waals surface area contributed by atoms with E-state index in [9.17, 15) is 9.59 Å². The molecular formula is C15H20N2O4. The monoisotopic (exact) mass is 292 g/mol. The van der Waals surface area contributed by atoms with Gasteiger partial charge < -0.3 is 19.6 Å². The zero-order chi connectivity index (χ0) is 15.4. The number of carbonyl (C=O) groups excluding carboxylic acids is 1. The molecule has 1 aliphatic rings. The Bertz CT molecular complexity index is 536. The standard InChI is InChI=1S/C15H20N2O4/c1-11-3-4-12(15(19)20)9-13(11)21-10-14(18)17-7-5-16(2)6-8-17/h3-4,9H,5-8,10H2,1-2H3,(H,19,20). The average molecular weight is 292 g/mol. The highest BCUT2D eigenvalue weighted by Gasteiger charge is 2.19. The number of piperazine rings is 1. The molecule has 0 unspecified atom stereocenters. The normalized spacial score (nSPS) is 15.8. The Morgan fingerprint density at radius 2 is 1.90 bits per heavy atom. The third kappa shape index (κ3) is 3.95. The molecule has 6 heteroatoms. The molecule has 1 aromatic rings. The lowest BCUT2D eigenvalue weighted by molar-refractivity contribution is -0.134. The highest BCUT2D eigenvalue weighted by molar-refractivity contribution is 5.88. The van der Waals surface area contributed by atoms with Gasteiger partial charge in [0.05, 0.1) is 5.56 Å². The van der Waals surface area contributed by atoms with Crippen LogP contribution in [0.5, 0.6) is 5.75 Å². The van der Waals surface area contributed by atoms with E-state index in [1.807, 2.05) is 14.0 Å². The Labute approximate surface area is 123 Å². The molecule has 1 N–H and O–H groups in total. The third-order valence-electron chi connectivity index (χ3n) is 3.64. The van der Waals surface area contributed by atoms with Crippen LogP contribution < -0.4 is 4.74 Å². The molecule has 114 valence electrons. The van der Waals surface area contributed by atoms with Gasteiger partial charge >= 0.3 is 5.97 Å². The quantitative estimate of drug-likeness (QED) is 0.891. The number of nitrogens with zero attached hydrogens (tertiary/aromatic N) is 2. The molecule has 0 radical (unpaired) electrons. The van der Waals surface area contributed by atoms with Crippen LogP contribution in [0.2, 0.25) is 0 Å². The van der Waals surface area contributed by atoms with Crippen LogP contribution in [0.25, 0.3) is 0 Å². The van der Waals surface area contributed by atoms with Gasteiger partial charge in [-0.25, -0.2) is 4.79 Å². The zero-order valence-corrected chi connectivity index (χ0v) is 12.3. The van der Waals surface area contributed by atoms with Crippen molar-refractivity contribution in [3.8, 4) is 5.75 Å². The number of hydrogen-bond donors (Lipinski definition) is 1. The summed E-state index contributed by atoms with van der Waals surface area (Å²) in [5.41, 5.74) is 0.967. The molecule has 21 heavy (non-hydrogen) atoms. The van der Waals surface area contributed by atoms with Gasteiger partial charge in [-0.3, -0.25) is 4.79 Å². The minimum atomic E-state index is -1.01. The molecule has 0 aliphatic carbocycles. The van der Waals surface area contributed by atoms with Gasteiger partial charge in [-0.05, 0) is 31.7 Å². The maximum absolute atomic E-state index is 12.1. The molecule has 0 bridgehead atoms. The van der Waals surface area contributed by atoms with Crippen LogP contribution in [0.3, 0.4) is 0 Å². The molecule has 0 atom stereocenters. The van der Waals surface area contributed by atoms with E-state index < -0.39 is 5.97 Å². The minimum absolute atomic E-state index is 0.0619. The predicted octanol–water partition coefficient (Wildman–Crippen LogP) is 0.846. The second-order valence-electron chi connectivity index (χ2n) is 5.26. The fourth-order valence-corrected chi connectivity index (χ4v) is 2.18. The van der Waals surface area contributed by atoms with Crippen molar-refractivity contribution in [2.75, 3.05) is 39.8 Å². The lowest BCUT2D eigenvalue weighted by Gasteiger charge is -2.32. The van der Waals surface area contributed by atoms with Crippen molar-refractivity contribution in [2.24, 2.45) is 0 Å². The first-order valence-electron chi connectivity index (χ1n) is 6.90. The Hall–Kier alpha value is -2.08. The van der Waals surface area contributed by atoms with E-state index in [4.69, 9.17) is 9.84 Å². The van der Waals surface area contributed by atoms with E-state index >= 15 is 0 Å². The van der Waals surface area contributed by atoms with E-state index in [2.05, 4.69) is 4.90 Å². The van der Waals surface area contributed by atoms with Crippen molar-refractivity contribution in [1.29, 1.82) is 0 Å². The summed E-state index contributed by atoms with van der Waals surface area (Å²) in [5, 5.41) is 8.97. The van der Waals surface area contributed by atoms with Gasteiger partial charge in [0.2, 0.25) is 0 Å². The van der Waals surface area contributed by atoms with Crippen LogP contribution in [0.1, 0.15) is 15.9 Å². The maximum atomic E-state index is 12.1. The number of hydrogen-bond acceptors (Lipinski definition) is 4. The number of aromatic carboxylic acids is 1. The molecular weight excluding hydrogens is 272 g/mol. The number of ether oxygens (including phenoxy) is 1. The SMILES string of the molecule is Cc1ccc(C(=O)O)cc1OCC(=O)N1CCN(C)CC1. The van der Waals surface area contributed by atoms with Crippen LogP contribution in [-0.4, -0.2) is 66.6 Å². The van der Waals surface area contributed by atoms with Gasteiger partial charge in [0.25, 0.3) is 5.91 Å². The van der Waals surface area contributed by atoms with Crippen LogP contribution >= 0.6 is 0 Å². The molecule has 2 rings (SSSR count). The maximum Gasteiger partial charge on any atom is 0.335 e. The Morgan fingerprint density at radius 3 is 2.52 bits per heavy atom. The molecule has 1 heterocycles. The van der Waals surface area contributed by atoms with E-state index in [1.54, 1.807) is 11.0 Å². The highest BCUT2D eigenvalue weighted by atomic mass is 16.5. The lowest BCUT2D eigenvalue weighted by atomic mass is 10.1. The number of rotatable bonds is 4. The van der Waals surface area contributed by atoms with E-state index in [0.29, 0.717) is 18.8 Å². The molecule has 6 nitrogen and oxygen atoms in total. The van der Waals surface area contributed by atoms with Crippen molar-refractivity contribution in [2.45, 2.75) is 6.92 Å². The first-order valence-corrected chi connectivity index (χ1v) is 6.90. The van der Waals surface area contributed by atoms with Crippen molar-refractivity contribution >= 4 is 11.9 Å². The number of carboxylic acid groups (broad SMARTS) is 1. The van der Waals surface area contributed by atoms with E-state index in [1.165, 1.54) is 12.1 Å². The van der Waals surface area contributed by atoms with Gasteiger partial charge in [-0.2, -0.15) is 0 Å². The molecule has 1 aliphatic heterocycles. The smallest absolute Gasteiger partial charge is 0.335 e. The Morgan fingerprint density at radius 1 is 1.24 bits per heavy atom. The van der Waals surface area contributed by atoms with Gasteiger partial charge in [-0.1, -0.05) is 6.07 Å². The lowest BCUT2D eigenvalue weighted by Crippen LogP contribution is -2.48. The second-order valence-corrected chi connectivity index (χ2v) is 5.26. The summed E-state index contributed by atoms with van der Waals surface area (Å²) < 4.78 is 5.50. The number of benzene rings is 1. The van der Waals surface area contributed by atoms with Crippen molar-refractivity contribution in [3.63, 3.8) is 0 Å².